The summed E-state index contributed by atoms with van der Waals surface area (Å²) < 4.78 is 4.79. The number of aliphatic hydroxyl groups excluding tert-OH is 1. The lowest BCUT2D eigenvalue weighted by molar-refractivity contribution is -0.146. The highest BCUT2D eigenvalue weighted by molar-refractivity contribution is 5.73. The van der Waals surface area contributed by atoms with Gasteiger partial charge in [-0.1, -0.05) is 42.5 Å². The van der Waals surface area contributed by atoms with Crippen LogP contribution >= 0.6 is 0 Å². The number of para-hydroxylation sites is 2. The number of hydrogen-bond donors (Lipinski definition) is 3. The van der Waals surface area contributed by atoms with Crippen molar-refractivity contribution < 1.29 is 24.9 Å². The van der Waals surface area contributed by atoms with E-state index in [1.54, 1.807) is 54.6 Å². The van der Waals surface area contributed by atoms with Crippen LogP contribution in [-0.4, -0.2) is 28.4 Å². The highest BCUT2D eigenvalue weighted by Crippen LogP contribution is 2.23. The zero-order chi connectivity index (χ0) is 15.0. The van der Waals surface area contributed by atoms with Crippen molar-refractivity contribution in [3.8, 4) is 11.5 Å². The molecule has 0 heterocycles. The fraction of sp³-hybridized carbons (Fsp3) is 0.133. The van der Waals surface area contributed by atoms with Gasteiger partial charge in [-0.3, -0.25) is 0 Å². The average Bonchev–Trinajstić information content (AvgIpc) is 2.48. The quantitative estimate of drug-likeness (QED) is 0.800. The van der Waals surface area contributed by atoms with Crippen LogP contribution in [0.4, 0.5) is 0 Å². The van der Waals surface area contributed by atoms with Gasteiger partial charge in [0, 0.05) is 0 Å². The summed E-state index contributed by atoms with van der Waals surface area (Å²) in [5, 5.41) is 26.4. The molecule has 0 amide bonds. The van der Waals surface area contributed by atoms with Gasteiger partial charge in [-0.2, -0.15) is 0 Å². The van der Waals surface area contributed by atoms with Crippen molar-refractivity contribution in [2.45, 2.75) is 6.10 Å². The van der Waals surface area contributed by atoms with E-state index in [4.69, 9.17) is 20.1 Å². The van der Waals surface area contributed by atoms with Crippen LogP contribution in [0.25, 0.3) is 0 Å². The molecule has 5 heteroatoms. The molecular formula is C15H16O5. The molecule has 0 saturated heterocycles. The van der Waals surface area contributed by atoms with Crippen LogP contribution in [0.3, 0.4) is 0 Å². The van der Waals surface area contributed by atoms with Gasteiger partial charge in [-0.05, 0) is 17.7 Å². The van der Waals surface area contributed by atoms with E-state index >= 15 is 0 Å². The van der Waals surface area contributed by atoms with Crippen molar-refractivity contribution in [1.82, 2.24) is 0 Å². The van der Waals surface area contributed by atoms with E-state index in [2.05, 4.69) is 0 Å². The summed E-state index contributed by atoms with van der Waals surface area (Å²) in [7, 11) is 1.52. The van der Waals surface area contributed by atoms with Crippen LogP contribution in [0.2, 0.25) is 0 Å². The molecule has 5 nitrogen and oxygen atoms in total. The summed E-state index contributed by atoms with van der Waals surface area (Å²) in [6.45, 7) is 0. The Bertz CT molecular complexity index is 539. The Morgan fingerprint density at radius 1 is 1.05 bits per heavy atom. The van der Waals surface area contributed by atoms with Gasteiger partial charge in [0.1, 0.15) is 0 Å². The first kappa shape index (κ1) is 15.5. The highest BCUT2D eigenvalue weighted by atomic mass is 16.5. The van der Waals surface area contributed by atoms with Crippen LogP contribution < -0.4 is 4.74 Å². The van der Waals surface area contributed by atoms with E-state index in [1.165, 1.54) is 7.11 Å². The zero-order valence-electron chi connectivity index (χ0n) is 10.9. The van der Waals surface area contributed by atoms with Crippen molar-refractivity contribution >= 4 is 5.97 Å². The summed E-state index contributed by atoms with van der Waals surface area (Å²) in [5.74, 6) is -0.534. The number of methoxy groups -OCH3 is 1. The van der Waals surface area contributed by atoms with Crippen LogP contribution in [-0.2, 0) is 4.79 Å². The minimum Gasteiger partial charge on any atom is -0.504 e. The number of aromatic hydroxyl groups is 1. The number of aliphatic hydroxyl groups is 1. The number of hydrogen-bond acceptors (Lipinski definition) is 4. The fourth-order valence-corrected chi connectivity index (χ4v) is 1.41. The van der Waals surface area contributed by atoms with E-state index in [1.807, 2.05) is 0 Å². The lowest BCUT2D eigenvalue weighted by Gasteiger charge is -2.03. The minimum absolute atomic E-state index is 0.181. The lowest BCUT2D eigenvalue weighted by atomic mass is 10.1. The van der Waals surface area contributed by atoms with Crippen LogP contribution in [0.15, 0.2) is 54.6 Å². The van der Waals surface area contributed by atoms with E-state index in [0.29, 0.717) is 11.3 Å². The molecule has 0 radical (unpaired) electrons. The number of phenols is 1. The number of rotatable bonds is 3. The predicted octanol–water partition coefficient (Wildman–Crippen LogP) is 2.21. The molecule has 0 spiro atoms. The van der Waals surface area contributed by atoms with Gasteiger partial charge in [0.25, 0.3) is 0 Å². The predicted molar refractivity (Wildman–Crippen MR) is 73.7 cm³/mol. The molecule has 20 heavy (non-hydrogen) atoms. The van der Waals surface area contributed by atoms with Gasteiger partial charge in [0.05, 0.1) is 7.11 Å². The summed E-state index contributed by atoms with van der Waals surface area (Å²) in [4.78, 5) is 10.2. The van der Waals surface area contributed by atoms with Crippen molar-refractivity contribution in [3.63, 3.8) is 0 Å². The van der Waals surface area contributed by atoms with Crippen molar-refractivity contribution in [2.24, 2.45) is 0 Å². The monoisotopic (exact) mass is 276 g/mol. The lowest BCUT2D eigenvalue weighted by Crippen LogP contribution is -2.09. The molecule has 0 aliphatic rings. The zero-order valence-corrected chi connectivity index (χ0v) is 10.9. The van der Waals surface area contributed by atoms with Crippen molar-refractivity contribution in [2.75, 3.05) is 7.11 Å². The van der Waals surface area contributed by atoms with Gasteiger partial charge >= 0.3 is 5.97 Å². The van der Waals surface area contributed by atoms with Gasteiger partial charge in [-0.15, -0.1) is 0 Å². The van der Waals surface area contributed by atoms with Crippen molar-refractivity contribution in [1.29, 1.82) is 0 Å². The first-order valence-electron chi connectivity index (χ1n) is 5.84. The summed E-state index contributed by atoms with van der Waals surface area (Å²) in [6, 6.07) is 15.1. The van der Waals surface area contributed by atoms with Crippen molar-refractivity contribution in [3.05, 3.63) is 60.2 Å². The van der Waals surface area contributed by atoms with Gasteiger partial charge in [-0.25, -0.2) is 4.79 Å². The van der Waals surface area contributed by atoms with E-state index < -0.39 is 12.1 Å². The molecule has 3 N–H and O–H groups in total. The van der Waals surface area contributed by atoms with Crippen LogP contribution in [0.5, 0.6) is 11.5 Å². The Balaban J connectivity index is 0.000000204. The summed E-state index contributed by atoms with van der Waals surface area (Å²) >= 11 is 0. The van der Waals surface area contributed by atoms with Gasteiger partial charge < -0.3 is 20.1 Å². The second kappa shape index (κ2) is 7.81. The first-order valence-corrected chi connectivity index (χ1v) is 5.84. The average molecular weight is 276 g/mol. The standard InChI is InChI=1S/C8H8O3.C7H8O2/c9-7(8(10)11)6-4-2-1-3-5-6;1-9-7-5-3-2-4-6(7)8/h1-5,7,9H,(H,10,11);2-5,8H,1H3. The molecule has 0 bridgehead atoms. The Hall–Kier alpha value is -2.53. The second-order valence-electron chi connectivity index (χ2n) is 3.82. The Morgan fingerprint density at radius 2 is 1.60 bits per heavy atom. The second-order valence-corrected chi connectivity index (χ2v) is 3.82. The molecule has 0 saturated carbocycles. The Labute approximate surface area is 116 Å². The van der Waals surface area contributed by atoms with E-state index in [0.717, 1.165) is 0 Å². The molecule has 1 unspecified atom stereocenters. The third-order valence-electron chi connectivity index (χ3n) is 2.43. The highest BCUT2D eigenvalue weighted by Gasteiger charge is 2.14. The van der Waals surface area contributed by atoms with Gasteiger partial charge in [0.2, 0.25) is 0 Å². The van der Waals surface area contributed by atoms with E-state index in [9.17, 15) is 4.79 Å². The molecular weight excluding hydrogens is 260 g/mol. The third-order valence-corrected chi connectivity index (χ3v) is 2.43. The number of phenolic OH excluding ortho intramolecular Hbond substituents is 1. The Kier molecular flexibility index (Phi) is 6.06. The largest absolute Gasteiger partial charge is 0.504 e. The normalized spacial score (nSPS) is 10.9. The number of carbonyl (C=O) groups is 1. The molecule has 2 rings (SSSR count). The third kappa shape index (κ3) is 4.62. The molecule has 2 aromatic carbocycles. The Morgan fingerprint density at radius 3 is 2.05 bits per heavy atom. The maximum absolute atomic E-state index is 10.2. The topological polar surface area (TPSA) is 87.0 Å². The molecule has 0 aliphatic carbocycles. The molecule has 1 atom stereocenters. The molecule has 0 aromatic heterocycles. The molecule has 2 aromatic rings. The molecule has 0 aliphatic heterocycles. The van der Waals surface area contributed by atoms with Gasteiger partial charge in [0.15, 0.2) is 17.6 Å². The SMILES string of the molecule is COc1ccccc1O.O=C(O)C(O)c1ccccc1. The fourth-order valence-electron chi connectivity index (χ4n) is 1.41. The summed E-state index contributed by atoms with van der Waals surface area (Å²) in [6.07, 6.45) is -1.41. The van der Waals surface area contributed by atoms with Crippen LogP contribution in [0, 0.1) is 0 Å². The maximum Gasteiger partial charge on any atom is 0.337 e. The number of ether oxygens (including phenoxy) is 1. The number of carboxylic acids is 1. The van der Waals surface area contributed by atoms with Crippen LogP contribution in [0.1, 0.15) is 11.7 Å². The number of benzene rings is 2. The maximum atomic E-state index is 10.2. The smallest absolute Gasteiger partial charge is 0.337 e. The van der Waals surface area contributed by atoms with E-state index in [-0.39, 0.29) is 5.75 Å². The minimum atomic E-state index is -1.41. The molecule has 106 valence electrons. The number of aliphatic carboxylic acids is 1. The first-order chi connectivity index (χ1) is 9.56. The molecule has 0 fully saturated rings. The summed E-state index contributed by atoms with van der Waals surface area (Å²) in [5.41, 5.74) is 0.403. The number of carboxylic acid groups (broad SMARTS) is 1.